The number of benzene rings is 3. The Balaban J connectivity index is 1.51. The number of nitrogens with zero attached hydrogens (tertiary/aromatic N) is 1. The monoisotopic (exact) mass is 597 g/mol. The number of hydrogen-bond acceptors (Lipinski definition) is 6. The van der Waals surface area contributed by atoms with Gasteiger partial charge >= 0.3 is 0 Å². The molecule has 3 aromatic carbocycles. The highest BCUT2D eigenvalue weighted by Gasteiger charge is 2.14. The van der Waals surface area contributed by atoms with Crippen LogP contribution in [0.5, 0.6) is 11.5 Å². The fraction of sp³-hybridized carbons (Fsp3) is 0.207. The van der Waals surface area contributed by atoms with Gasteiger partial charge in [-0.25, -0.2) is 0 Å². The summed E-state index contributed by atoms with van der Waals surface area (Å²) in [5.41, 5.74) is 5.25. The van der Waals surface area contributed by atoms with Crippen LogP contribution in [0.1, 0.15) is 16.7 Å². The molecule has 1 heterocycles. The molecule has 0 aliphatic carbocycles. The number of rotatable bonds is 13. The highest BCUT2D eigenvalue weighted by molar-refractivity contribution is 9.10. The first-order valence-corrected chi connectivity index (χ1v) is 14.3. The molecule has 0 atom stereocenters. The summed E-state index contributed by atoms with van der Waals surface area (Å²) < 4.78 is 16.7. The molecule has 0 saturated heterocycles. The average molecular weight is 599 g/mol. The Bertz CT molecular complexity index is 1280. The second-order valence-electron chi connectivity index (χ2n) is 8.25. The number of aromatic nitrogens is 1. The Morgan fingerprint density at radius 1 is 0.892 bits per heavy atom. The Kier molecular flexibility index (Phi) is 10.7. The Morgan fingerprint density at radius 3 is 2.51 bits per heavy atom. The molecule has 192 valence electrons. The van der Waals surface area contributed by atoms with E-state index in [0.717, 1.165) is 51.1 Å². The van der Waals surface area contributed by atoms with Crippen LogP contribution in [-0.2, 0) is 19.8 Å². The van der Waals surface area contributed by atoms with Crippen LogP contribution in [0.15, 0.2) is 89.7 Å². The summed E-state index contributed by atoms with van der Waals surface area (Å²) >= 11 is 12.0. The van der Waals surface area contributed by atoms with E-state index >= 15 is 0 Å². The first kappa shape index (κ1) is 27.5. The summed E-state index contributed by atoms with van der Waals surface area (Å²) in [6.07, 6.45) is 5.57. The van der Waals surface area contributed by atoms with E-state index in [1.54, 1.807) is 24.3 Å². The molecule has 4 aromatic rings. The van der Waals surface area contributed by atoms with Crippen LogP contribution in [0.3, 0.4) is 0 Å². The second kappa shape index (κ2) is 14.4. The van der Waals surface area contributed by atoms with E-state index in [9.17, 15) is 0 Å². The molecule has 2 N–H and O–H groups in total. The molecule has 0 aliphatic heterocycles. The van der Waals surface area contributed by atoms with Crippen LogP contribution in [0.2, 0.25) is 5.02 Å². The van der Waals surface area contributed by atoms with Crippen molar-refractivity contribution in [2.75, 3.05) is 19.3 Å². The summed E-state index contributed by atoms with van der Waals surface area (Å²) in [4.78, 5) is 4.18. The highest BCUT2D eigenvalue weighted by atomic mass is 79.9. The quantitative estimate of drug-likeness (QED) is 0.125. The predicted molar refractivity (Wildman–Crippen MR) is 157 cm³/mol. The molecular formula is C29H29BrClN3O2S. The Hall–Kier alpha value is -2.55. The Labute approximate surface area is 236 Å². The van der Waals surface area contributed by atoms with Gasteiger partial charge in [0.1, 0.15) is 24.7 Å². The highest BCUT2D eigenvalue weighted by Crippen LogP contribution is 2.36. The van der Waals surface area contributed by atoms with Crippen molar-refractivity contribution in [1.29, 1.82) is 0 Å². The summed E-state index contributed by atoms with van der Waals surface area (Å²) in [7, 11) is 0. The minimum atomic E-state index is 0.362. The molecule has 0 saturated carbocycles. The van der Waals surface area contributed by atoms with E-state index in [1.807, 2.05) is 60.9 Å². The third kappa shape index (κ3) is 7.97. The van der Waals surface area contributed by atoms with E-state index in [4.69, 9.17) is 21.1 Å². The number of halogens is 2. The zero-order chi connectivity index (χ0) is 25.9. The Morgan fingerprint density at radius 2 is 1.73 bits per heavy atom. The zero-order valence-corrected chi connectivity index (χ0v) is 23.7. The van der Waals surface area contributed by atoms with Gasteiger partial charge in [0.25, 0.3) is 0 Å². The normalized spacial score (nSPS) is 10.9. The summed E-state index contributed by atoms with van der Waals surface area (Å²) in [5.74, 6) is 1.30. The van der Waals surface area contributed by atoms with Crippen molar-refractivity contribution < 1.29 is 9.47 Å². The zero-order valence-electron chi connectivity index (χ0n) is 20.5. The van der Waals surface area contributed by atoms with Gasteiger partial charge in [-0.3, -0.25) is 9.71 Å². The van der Waals surface area contributed by atoms with Crippen molar-refractivity contribution in [3.8, 4) is 22.6 Å². The topological polar surface area (TPSA) is 55.4 Å². The first-order chi connectivity index (χ1) is 18.2. The number of ether oxygens (including phenoxy) is 2. The number of nitrogens with one attached hydrogen (secondary N) is 2. The maximum Gasteiger partial charge on any atom is 0.142 e. The molecule has 0 aliphatic rings. The number of hydrogen-bond donors (Lipinski definition) is 2. The van der Waals surface area contributed by atoms with Gasteiger partial charge in [0.15, 0.2) is 0 Å². The third-order valence-corrected chi connectivity index (χ3v) is 7.37. The predicted octanol–water partition coefficient (Wildman–Crippen LogP) is 7.28. The molecule has 8 heteroatoms. The second-order valence-corrected chi connectivity index (χ2v) is 10.1. The molecule has 4 rings (SSSR count). The van der Waals surface area contributed by atoms with Crippen LogP contribution in [-0.4, -0.2) is 24.3 Å². The van der Waals surface area contributed by atoms with Gasteiger partial charge in [-0.15, -0.1) is 0 Å². The van der Waals surface area contributed by atoms with Gasteiger partial charge in [0.05, 0.1) is 5.02 Å². The standard InChI is InChI=1S/C29H29BrClN3O2S/c1-37-34-14-13-33-18-24-15-26(31)28(16-27(24)35-19-21-7-6-12-32-17-21)36-20-23-10-5-11-25(29(23)30)22-8-3-2-4-9-22/h2-12,15-17,33-34H,13-14,18-20H2,1H3. The van der Waals surface area contributed by atoms with Gasteiger partial charge in [0.2, 0.25) is 0 Å². The van der Waals surface area contributed by atoms with E-state index in [-0.39, 0.29) is 0 Å². The fourth-order valence-electron chi connectivity index (χ4n) is 3.76. The van der Waals surface area contributed by atoms with E-state index in [1.165, 1.54) is 0 Å². The van der Waals surface area contributed by atoms with Crippen LogP contribution in [0.25, 0.3) is 11.1 Å². The van der Waals surface area contributed by atoms with Crippen molar-refractivity contribution >= 4 is 39.5 Å². The number of pyridine rings is 1. The minimum Gasteiger partial charge on any atom is -0.488 e. The van der Waals surface area contributed by atoms with Crippen LogP contribution in [0, 0.1) is 0 Å². The molecule has 0 unspecified atom stereocenters. The van der Waals surface area contributed by atoms with E-state index in [2.05, 4.69) is 49.2 Å². The van der Waals surface area contributed by atoms with Crippen LogP contribution in [0.4, 0.5) is 0 Å². The lowest BCUT2D eigenvalue weighted by atomic mass is 10.0. The van der Waals surface area contributed by atoms with Crippen LogP contribution >= 0.6 is 39.5 Å². The van der Waals surface area contributed by atoms with Gasteiger partial charge in [-0.05, 0) is 45.4 Å². The maximum absolute atomic E-state index is 6.67. The first-order valence-electron chi connectivity index (χ1n) is 11.9. The van der Waals surface area contributed by atoms with Gasteiger partial charge in [-0.2, -0.15) is 0 Å². The molecular weight excluding hydrogens is 570 g/mol. The van der Waals surface area contributed by atoms with Crippen molar-refractivity contribution in [1.82, 2.24) is 15.0 Å². The lowest BCUT2D eigenvalue weighted by Gasteiger charge is -2.17. The van der Waals surface area contributed by atoms with Crippen molar-refractivity contribution in [3.05, 3.63) is 111 Å². The molecule has 5 nitrogen and oxygen atoms in total. The summed E-state index contributed by atoms with van der Waals surface area (Å²) in [5, 5.41) is 3.98. The maximum atomic E-state index is 6.67. The minimum absolute atomic E-state index is 0.362. The molecule has 0 bridgehead atoms. The largest absolute Gasteiger partial charge is 0.488 e. The fourth-order valence-corrected chi connectivity index (χ4v) is 4.91. The van der Waals surface area contributed by atoms with Gasteiger partial charge < -0.3 is 14.8 Å². The lowest BCUT2D eigenvalue weighted by molar-refractivity contribution is 0.287. The summed E-state index contributed by atoms with van der Waals surface area (Å²) in [6.45, 7) is 3.08. The molecule has 1 aromatic heterocycles. The lowest BCUT2D eigenvalue weighted by Crippen LogP contribution is -2.23. The van der Waals surface area contributed by atoms with Crippen LogP contribution < -0.4 is 19.5 Å². The van der Waals surface area contributed by atoms with Crippen molar-refractivity contribution in [2.24, 2.45) is 0 Å². The average Bonchev–Trinajstić information content (AvgIpc) is 2.93. The molecule has 0 radical (unpaired) electrons. The SMILES string of the molecule is CSNCCNCc1cc(Cl)c(OCc2cccc(-c3ccccc3)c2Br)cc1OCc1cccnc1. The van der Waals surface area contributed by atoms with Crippen molar-refractivity contribution in [3.63, 3.8) is 0 Å². The van der Waals surface area contributed by atoms with Gasteiger partial charge in [-0.1, -0.05) is 78.1 Å². The van der Waals surface area contributed by atoms with Gasteiger partial charge in [0, 0.05) is 59.3 Å². The molecule has 0 spiro atoms. The summed E-state index contributed by atoms with van der Waals surface area (Å²) in [6, 6.07) is 24.1. The van der Waals surface area contributed by atoms with Crippen molar-refractivity contribution in [2.45, 2.75) is 19.8 Å². The van der Waals surface area contributed by atoms with E-state index in [0.29, 0.717) is 30.5 Å². The molecule has 0 amide bonds. The molecule has 0 fully saturated rings. The third-order valence-electron chi connectivity index (χ3n) is 5.64. The van der Waals surface area contributed by atoms with E-state index < -0.39 is 0 Å². The smallest absolute Gasteiger partial charge is 0.142 e. The molecule has 37 heavy (non-hydrogen) atoms.